The molecule has 1 aromatic carbocycles. The minimum atomic E-state index is -3.67. The molecule has 0 spiro atoms. The number of carbonyl (C=O) groups excluding carboxylic acids is 1. The summed E-state index contributed by atoms with van der Waals surface area (Å²) in [6.45, 7) is 0.411. The summed E-state index contributed by atoms with van der Waals surface area (Å²) in [5, 5.41) is 2.81. The molecule has 1 fully saturated rings. The van der Waals surface area contributed by atoms with E-state index in [-0.39, 0.29) is 10.8 Å². The molecule has 0 bridgehead atoms. The molecule has 1 N–H and O–H groups in total. The number of rotatable bonds is 5. The van der Waals surface area contributed by atoms with Crippen molar-refractivity contribution in [3.8, 4) is 0 Å². The fourth-order valence-corrected chi connectivity index (χ4v) is 2.40. The van der Waals surface area contributed by atoms with Gasteiger partial charge >= 0.3 is 0 Å². The number of amides is 1. The first-order chi connectivity index (χ1) is 8.45. The lowest BCUT2D eigenvalue weighted by atomic mass is 10.2. The third-order valence-electron chi connectivity index (χ3n) is 2.87. The van der Waals surface area contributed by atoms with E-state index in [1.165, 1.54) is 12.1 Å². The van der Waals surface area contributed by atoms with Crippen molar-refractivity contribution in [2.45, 2.75) is 30.7 Å². The van der Waals surface area contributed by atoms with Crippen LogP contribution >= 0.6 is 10.7 Å². The first-order valence-electron chi connectivity index (χ1n) is 5.75. The third-order valence-corrected chi connectivity index (χ3v) is 4.24. The molecule has 0 unspecified atom stereocenters. The number of benzene rings is 1. The van der Waals surface area contributed by atoms with E-state index in [9.17, 15) is 13.2 Å². The Morgan fingerprint density at radius 1 is 1.28 bits per heavy atom. The zero-order valence-corrected chi connectivity index (χ0v) is 11.3. The summed E-state index contributed by atoms with van der Waals surface area (Å²) in [6, 6.07) is 6.16. The average molecular weight is 288 g/mol. The van der Waals surface area contributed by atoms with Crippen LogP contribution in [-0.4, -0.2) is 14.3 Å². The molecule has 1 aliphatic carbocycles. The molecule has 0 saturated heterocycles. The summed E-state index contributed by atoms with van der Waals surface area (Å²) in [4.78, 5) is 11.5. The highest BCUT2D eigenvalue weighted by Crippen LogP contribution is 2.32. The van der Waals surface area contributed by atoms with Gasteiger partial charge in [0.15, 0.2) is 0 Å². The fraction of sp³-hybridized carbons (Fsp3) is 0.417. The predicted octanol–water partition coefficient (Wildman–Crippen LogP) is 2.03. The van der Waals surface area contributed by atoms with E-state index in [1.54, 1.807) is 12.1 Å². The second-order valence-electron chi connectivity index (χ2n) is 4.51. The highest BCUT2D eigenvalue weighted by molar-refractivity contribution is 8.13. The minimum absolute atomic E-state index is 0.0477. The van der Waals surface area contributed by atoms with E-state index in [0.29, 0.717) is 18.9 Å². The van der Waals surface area contributed by atoms with Crippen LogP contribution in [0.15, 0.2) is 29.2 Å². The van der Waals surface area contributed by atoms with Crippen molar-refractivity contribution in [3.05, 3.63) is 29.8 Å². The van der Waals surface area contributed by atoms with Gasteiger partial charge in [-0.25, -0.2) is 8.42 Å². The lowest BCUT2D eigenvalue weighted by Crippen LogP contribution is -2.22. The van der Waals surface area contributed by atoms with Crippen LogP contribution < -0.4 is 5.32 Å². The molecule has 1 aromatic rings. The summed E-state index contributed by atoms with van der Waals surface area (Å²) >= 11 is 0. The summed E-state index contributed by atoms with van der Waals surface area (Å²) in [5.74, 6) is 0.611. The Morgan fingerprint density at radius 2 is 1.89 bits per heavy atom. The van der Waals surface area contributed by atoms with Gasteiger partial charge in [-0.1, -0.05) is 12.1 Å². The molecule has 1 saturated carbocycles. The summed E-state index contributed by atoms with van der Waals surface area (Å²) in [6.07, 6.45) is 2.89. The molecule has 1 amide bonds. The van der Waals surface area contributed by atoms with E-state index >= 15 is 0 Å². The number of carbonyl (C=O) groups is 1. The van der Waals surface area contributed by atoms with Gasteiger partial charge in [0, 0.05) is 23.6 Å². The fourth-order valence-electron chi connectivity index (χ4n) is 1.63. The Balaban J connectivity index is 1.87. The number of hydrogen-bond acceptors (Lipinski definition) is 3. The summed E-state index contributed by atoms with van der Waals surface area (Å²) < 4.78 is 22.1. The highest BCUT2D eigenvalue weighted by atomic mass is 35.7. The van der Waals surface area contributed by atoms with Crippen molar-refractivity contribution in [1.82, 2.24) is 5.32 Å². The quantitative estimate of drug-likeness (QED) is 0.843. The van der Waals surface area contributed by atoms with Crippen molar-refractivity contribution >= 4 is 25.6 Å². The van der Waals surface area contributed by atoms with Crippen LogP contribution in [0.25, 0.3) is 0 Å². The lowest BCUT2D eigenvalue weighted by Gasteiger charge is -2.05. The molecule has 0 aliphatic heterocycles. The van der Waals surface area contributed by atoms with Crippen LogP contribution in [0.1, 0.15) is 24.8 Å². The first kappa shape index (κ1) is 13.4. The maximum Gasteiger partial charge on any atom is 0.261 e. The lowest BCUT2D eigenvalue weighted by molar-refractivity contribution is -0.121. The maximum atomic E-state index is 11.5. The normalized spacial score (nSPS) is 15.4. The van der Waals surface area contributed by atoms with Gasteiger partial charge in [-0.05, 0) is 36.5 Å². The average Bonchev–Trinajstić information content (AvgIpc) is 3.10. The molecule has 4 nitrogen and oxygen atoms in total. The first-order valence-corrected chi connectivity index (χ1v) is 8.06. The third kappa shape index (κ3) is 3.99. The number of halogens is 1. The Hall–Kier alpha value is -1.07. The van der Waals surface area contributed by atoms with E-state index in [4.69, 9.17) is 10.7 Å². The van der Waals surface area contributed by atoms with Crippen molar-refractivity contribution in [3.63, 3.8) is 0 Å². The molecular formula is C12H14ClNO3S. The second-order valence-corrected chi connectivity index (χ2v) is 7.07. The smallest absolute Gasteiger partial charge is 0.261 e. The van der Waals surface area contributed by atoms with E-state index < -0.39 is 9.05 Å². The van der Waals surface area contributed by atoms with Crippen molar-refractivity contribution in [2.24, 2.45) is 5.92 Å². The molecule has 0 aromatic heterocycles. The molecule has 6 heteroatoms. The van der Waals surface area contributed by atoms with Gasteiger partial charge < -0.3 is 5.32 Å². The van der Waals surface area contributed by atoms with Crippen LogP contribution in [0.2, 0.25) is 0 Å². The second kappa shape index (κ2) is 5.28. The van der Waals surface area contributed by atoms with E-state index in [1.807, 2.05) is 0 Å². The molecule has 0 atom stereocenters. The molecule has 1 aliphatic rings. The minimum Gasteiger partial charge on any atom is -0.352 e. The largest absolute Gasteiger partial charge is 0.352 e. The predicted molar refractivity (Wildman–Crippen MR) is 68.7 cm³/mol. The van der Waals surface area contributed by atoms with Gasteiger partial charge in [-0.15, -0.1) is 0 Å². The van der Waals surface area contributed by atoms with Crippen LogP contribution in [0.4, 0.5) is 0 Å². The van der Waals surface area contributed by atoms with Gasteiger partial charge in [-0.2, -0.15) is 0 Å². The highest BCUT2D eigenvalue weighted by Gasteiger charge is 2.24. The van der Waals surface area contributed by atoms with Crippen LogP contribution in [0.5, 0.6) is 0 Å². The van der Waals surface area contributed by atoms with Crippen molar-refractivity contribution in [2.75, 3.05) is 0 Å². The Bertz CT molecular complexity index is 535. The van der Waals surface area contributed by atoms with Gasteiger partial charge in [0.25, 0.3) is 9.05 Å². The van der Waals surface area contributed by atoms with Gasteiger partial charge in [-0.3, -0.25) is 4.79 Å². The Labute approximate surface area is 111 Å². The van der Waals surface area contributed by atoms with Gasteiger partial charge in [0.05, 0.1) is 4.90 Å². The number of hydrogen-bond donors (Lipinski definition) is 1. The van der Waals surface area contributed by atoms with Crippen molar-refractivity contribution in [1.29, 1.82) is 0 Å². The SMILES string of the molecule is O=C(CC1CC1)NCc1ccc(S(=O)(=O)Cl)cc1. The monoisotopic (exact) mass is 287 g/mol. The molecule has 98 valence electrons. The zero-order valence-electron chi connectivity index (χ0n) is 9.73. The molecule has 0 radical (unpaired) electrons. The molecule has 0 heterocycles. The molecule has 2 rings (SSSR count). The zero-order chi connectivity index (χ0) is 13.2. The number of nitrogens with one attached hydrogen (secondary N) is 1. The Morgan fingerprint density at radius 3 is 2.39 bits per heavy atom. The van der Waals surface area contributed by atoms with Crippen LogP contribution in [-0.2, 0) is 20.4 Å². The summed E-state index contributed by atoms with van der Waals surface area (Å²) in [5.41, 5.74) is 0.850. The standard InChI is InChI=1S/C12H14ClNO3S/c13-18(16,17)11-5-3-10(4-6-11)8-14-12(15)7-9-1-2-9/h3-6,9H,1-2,7-8H2,(H,14,15). The van der Waals surface area contributed by atoms with Crippen molar-refractivity contribution < 1.29 is 13.2 Å². The van der Waals surface area contributed by atoms with Gasteiger partial charge in [0.2, 0.25) is 5.91 Å². The topological polar surface area (TPSA) is 63.2 Å². The van der Waals surface area contributed by atoms with E-state index in [2.05, 4.69) is 5.32 Å². The molecular weight excluding hydrogens is 274 g/mol. The Kier molecular flexibility index (Phi) is 3.92. The van der Waals surface area contributed by atoms with Crippen LogP contribution in [0, 0.1) is 5.92 Å². The summed E-state index contributed by atoms with van der Waals surface area (Å²) in [7, 11) is 1.53. The van der Waals surface area contributed by atoms with E-state index in [0.717, 1.165) is 18.4 Å². The van der Waals surface area contributed by atoms with Crippen LogP contribution in [0.3, 0.4) is 0 Å². The van der Waals surface area contributed by atoms with Gasteiger partial charge in [0.1, 0.15) is 0 Å². The molecule has 18 heavy (non-hydrogen) atoms. The maximum absolute atomic E-state index is 11.5.